The smallest absolute Gasteiger partial charge is 0.367 e. The number of hydrogen-bond acceptors (Lipinski definition) is 7. The van der Waals surface area contributed by atoms with Crippen molar-refractivity contribution < 1.29 is 31.9 Å². The first-order valence-electron chi connectivity index (χ1n) is 13.3. The van der Waals surface area contributed by atoms with Crippen LogP contribution in [0.25, 0.3) is 17.1 Å². The van der Waals surface area contributed by atoms with Gasteiger partial charge in [0.1, 0.15) is 18.8 Å². The summed E-state index contributed by atoms with van der Waals surface area (Å²) < 4.78 is 59.2. The first-order valence-corrected chi connectivity index (χ1v) is 14.3. The van der Waals surface area contributed by atoms with Gasteiger partial charge < -0.3 is 10.1 Å². The molecule has 45 heavy (non-hydrogen) atoms. The second kappa shape index (κ2) is 13.3. The Bertz CT molecular complexity index is 1820. The number of thioether (sulfide) groups is 1. The molecule has 1 N–H and O–H groups in total. The van der Waals surface area contributed by atoms with E-state index >= 15 is 4.39 Å². The normalized spacial score (nSPS) is 14.2. The Hall–Kier alpha value is -5.07. The summed E-state index contributed by atoms with van der Waals surface area (Å²) in [5, 5.41) is 15.5. The molecule has 3 aromatic carbocycles. The van der Waals surface area contributed by atoms with E-state index in [0.29, 0.717) is 22.4 Å². The molecule has 5 rings (SSSR count). The highest BCUT2D eigenvalue weighted by Crippen LogP contribution is 2.32. The predicted molar refractivity (Wildman–Crippen MR) is 159 cm³/mol. The average Bonchev–Trinajstić information content (AvgIpc) is 3.62. The van der Waals surface area contributed by atoms with Crippen molar-refractivity contribution in [2.75, 3.05) is 22.6 Å². The molecule has 0 spiro atoms. The van der Waals surface area contributed by atoms with Crippen LogP contribution in [0, 0.1) is 24.1 Å². The zero-order valence-corrected chi connectivity index (χ0v) is 24.3. The fourth-order valence-electron chi connectivity index (χ4n) is 4.33. The molecule has 0 unspecified atom stereocenters. The Labute approximate surface area is 258 Å². The molecule has 0 aliphatic carbocycles. The van der Waals surface area contributed by atoms with Gasteiger partial charge in [-0.2, -0.15) is 23.4 Å². The number of halogens is 4. The lowest BCUT2D eigenvalue weighted by molar-refractivity contribution is -0.176. The topological polar surface area (TPSA) is 125 Å². The summed E-state index contributed by atoms with van der Waals surface area (Å²) in [6, 6.07) is 17.0. The minimum absolute atomic E-state index is 0.0207. The number of nitriles is 1. The number of nitrogens with zero attached hydrogens (tertiary/aromatic N) is 6. The van der Waals surface area contributed by atoms with E-state index < -0.39 is 37.1 Å². The molecule has 1 aliphatic rings. The minimum atomic E-state index is -4.52. The molecule has 1 saturated heterocycles. The van der Waals surface area contributed by atoms with Crippen LogP contribution in [0.15, 0.2) is 72.0 Å². The largest absolute Gasteiger partial charge is 0.411 e. The Morgan fingerprint density at radius 3 is 2.64 bits per heavy atom. The molecule has 1 fully saturated rings. The van der Waals surface area contributed by atoms with Crippen LogP contribution in [0.5, 0.6) is 0 Å². The number of benzene rings is 3. The monoisotopic (exact) mass is 637 g/mol. The third-order valence-corrected chi connectivity index (χ3v) is 7.34. The molecule has 10 nitrogen and oxygen atoms in total. The molecule has 230 valence electrons. The predicted octanol–water partition coefficient (Wildman–Crippen LogP) is 6.19. The highest BCUT2D eigenvalue weighted by atomic mass is 32.2. The quantitative estimate of drug-likeness (QED) is 0.228. The van der Waals surface area contributed by atoms with Crippen molar-refractivity contribution in [2.24, 2.45) is 4.99 Å². The first-order chi connectivity index (χ1) is 21.5. The van der Waals surface area contributed by atoms with E-state index in [-0.39, 0.29) is 34.5 Å². The van der Waals surface area contributed by atoms with Gasteiger partial charge in [-0.3, -0.25) is 9.69 Å². The summed E-state index contributed by atoms with van der Waals surface area (Å²) in [6.45, 7) is -0.155. The van der Waals surface area contributed by atoms with Crippen molar-refractivity contribution in [1.29, 1.82) is 5.26 Å². The number of alkyl halides is 3. The summed E-state index contributed by atoms with van der Waals surface area (Å²) >= 11 is 0.960. The Morgan fingerprint density at radius 1 is 1.16 bits per heavy atom. The number of amidine groups is 1. The molecule has 0 atom stereocenters. The molecule has 2 heterocycles. The third-order valence-electron chi connectivity index (χ3n) is 6.41. The van der Waals surface area contributed by atoms with Crippen LogP contribution in [0.2, 0.25) is 0 Å². The average molecular weight is 638 g/mol. The fraction of sp³-hybridized carbons (Fsp3) is 0.200. The molecule has 0 radical (unpaired) electrons. The minimum Gasteiger partial charge on any atom is -0.367 e. The number of aryl methyl sites for hydroxylation is 1. The van der Waals surface area contributed by atoms with E-state index in [1.807, 2.05) is 0 Å². The van der Waals surface area contributed by atoms with Gasteiger partial charge >= 0.3 is 12.2 Å². The van der Waals surface area contributed by atoms with Gasteiger partial charge in [-0.25, -0.2) is 18.9 Å². The highest BCUT2D eigenvalue weighted by molar-refractivity contribution is 8.15. The van der Waals surface area contributed by atoms with E-state index in [0.717, 1.165) is 28.3 Å². The van der Waals surface area contributed by atoms with Crippen LogP contribution in [-0.2, 0) is 22.6 Å². The lowest BCUT2D eigenvalue weighted by Gasteiger charge is -2.21. The third kappa shape index (κ3) is 7.72. The van der Waals surface area contributed by atoms with Crippen LogP contribution < -0.4 is 10.2 Å². The van der Waals surface area contributed by atoms with Crippen molar-refractivity contribution in [3.8, 4) is 23.1 Å². The number of carbonyl (C=O) groups excluding carboxylic acids is 2. The van der Waals surface area contributed by atoms with Crippen LogP contribution in [0.3, 0.4) is 0 Å². The maximum absolute atomic E-state index is 15.0. The van der Waals surface area contributed by atoms with Gasteiger partial charge in [0.15, 0.2) is 11.0 Å². The zero-order valence-electron chi connectivity index (χ0n) is 23.5. The van der Waals surface area contributed by atoms with Crippen molar-refractivity contribution in [3.63, 3.8) is 0 Å². The van der Waals surface area contributed by atoms with Crippen LogP contribution in [0.1, 0.15) is 16.7 Å². The summed E-state index contributed by atoms with van der Waals surface area (Å²) in [7, 11) is 0. The Balaban J connectivity index is 1.30. The molecule has 0 bridgehead atoms. The van der Waals surface area contributed by atoms with Crippen molar-refractivity contribution in [2.45, 2.75) is 26.1 Å². The van der Waals surface area contributed by atoms with Crippen molar-refractivity contribution in [1.82, 2.24) is 14.8 Å². The van der Waals surface area contributed by atoms with Crippen molar-refractivity contribution in [3.05, 3.63) is 89.5 Å². The maximum atomic E-state index is 15.0. The Morgan fingerprint density at radius 2 is 1.93 bits per heavy atom. The number of nitrogens with one attached hydrogen (secondary N) is 1. The number of hydrogen-bond donors (Lipinski definition) is 1. The van der Waals surface area contributed by atoms with E-state index in [1.54, 1.807) is 43.3 Å². The van der Waals surface area contributed by atoms with E-state index in [1.165, 1.54) is 29.2 Å². The second-order valence-electron chi connectivity index (χ2n) is 9.79. The second-order valence-corrected chi connectivity index (χ2v) is 10.7. The number of anilines is 2. The number of ether oxygens (including phenoxy) is 1. The van der Waals surface area contributed by atoms with Crippen molar-refractivity contribution >= 4 is 40.2 Å². The van der Waals surface area contributed by atoms with E-state index in [9.17, 15) is 22.8 Å². The summed E-state index contributed by atoms with van der Waals surface area (Å²) in [6.07, 6.45) is -2.77. The zero-order chi connectivity index (χ0) is 32.1. The maximum Gasteiger partial charge on any atom is 0.411 e. The highest BCUT2D eigenvalue weighted by Gasteiger charge is 2.33. The molecule has 3 amide bonds. The summed E-state index contributed by atoms with van der Waals surface area (Å²) in [5.74, 6) is -1.05. The number of urea groups is 1. The van der Waals surface area contributed by atoms with Gasteiger partial charge in [0.05, 0.1) is 41.9 Å². The van der Waals surface area contributed by atoms with E-state index in [4.69, 9.17) is 10.00 Å². The van der Waals surface area contributed by atoms with Crippen LogP contribution >= 0.6 is 11.8 Å². The molecule has 15 heteroatoms. The lowest BCUT2D eigenvalue weighted by atomic mass is 10.1. The van der Waals surface area contributed by atoms with Gasteiger partial charge in [-0.1, -0.05) is 36.0 Å². The van der Waals surface area contributed by atoms with E-state index in [2.05, 4.69) is 26.5 Å². The Kier molecular flexibility index (Phi) is 9.26. The van der Waals surface area contributed by atoms with Gasteiger partial charge in [-0.05, 0) is 54.4 Å². The number of carbonyl (C=O) groups is 2. The summed E-state index contributed by atoms with van der Waals surface area (Å²) in [4.78, 5) is 34.9. The number of rotatable bonds is 8. The fourth-order valence-corrected chi connectivity index (χ4v) is 5.18. The molecule has 1 aliphatic heterocycles. The molecular formula is C30H23F4N7O3S. The van der Waals surface area contributed by atoms with Crippen LogP contribution in [-0.4, -0.2) is 50.4 Å². The molecule has 4 aromatic rings. The van der Waals surface area contributed by atoms with Gasteiger partial charge in [0.25, 0.3) is 0 Å². The summed E-state index contributed by atoms with van der Waals surface area (Å²) in [5.41, 5.74) is 2.96. The lowest BCUT2D eigenvalue weighted by Crippen LogP contribution is -2.31. The number of amides is 3. The van der Waals surface area contributed by atoms with Crippen LogP contribution in [0.4, 0.5) is 33.7 Å². The van der Waals surface area contributed by atoms with Gasteiger partial charge in [0, 0.05) is 11.1 Å². The molecular weight excluding hydrogens is 614 g/mol. The molecule has 0 saturated carbocycles. The van der Waals surface area contributed by atoms with Gasteiger partial charge in [0.2, 0.25) is 5.91 Å². The SMILES string of the molecule is Cc1ccc(COCC(F)(F)F)c(N2C(=O)CSC2=NC(=O)Nc2ccc(-c3ncn(-c4ccc(CC#N)cc4)n3)cc2F)c1. The standard InChI is InChI=1S/C30H23F4N7O3S/c1-18-2-5-21(14-44-16-30(32,33)34)25(12-18)41-26(42)15-45-29(41)38-28(43)37-24-9-6-20(13-23(24)31)27-36-17-40(39-27)22-7-3-19(4-8-22)10-11-35/h2-9,12-13,17H,10,14-16H2,1H3,(H,37,43). The van der Waals surface area contributed by atoms with Gasteiger partial charge in [-0.15, -0.1) is 5.10 Å². The molecule has 1 aromatic heterocycles. The number of aliphatic imine (C=N–C) groups is 1. The number of aromatic nitrogens is 3. The first kappa shape index (κ1) is 31.4.